The molecule has 0 aliphatic heterocycles. The van der Waals surface area contributed by atoms with Crippen LogP contribution >= 0.6 is 0 Å². The molecule has 0 aromatic heterocycles. The Bertz CT molecular complexity index is 516. The van der Waals surface area contributed by atoms with Crippen LogP contribution in [0.3, 0.4) is 0 Å². The monoisotopic (exact) mass is 404 g/mol. The summed E-state index contributed by atoms with van der Waals surface area (Å²) in [4.78, 5) is 12.2. The molecule has 3 N–H and O–H groups in total. The van der Waals surface area contributed by atoms with Gasteiger partial charge in [-0.05, 0) is 30.7 Å². The van der Waals surface area contributed by atoms with Crippen LogP contribution in [-0.2, 0) is 0 Å². The highest BCUT2D eigenvalue weighted by Gasteiger charge is 2.11. The number of hydrogen-bond donors (Lipinski definition) is 2. The molecule has 0 unspecified atom stereocenters. The van der Waals surface area contributed by atoms with E-state index in [0.29, 0.717) is 12.1 Å². The van der Waals surface area contributed by atoms with Gasteiger partial charge in [-0.15, -0.1) is 0 Å². The van der Waals surface area contributed by atoms with E-state index in [4.69, 9.17) is 5.84 Å². The summed E-state index contributed by atoms with van der Waals surface area (Å²) in [6.07, 6.45) is 21.3. The van der Waals surface area contributed by atoms with E-state index < -0.39 is 0 Å². The second-order valence-corrected chi connectivity index (χ2v) is 8.35. The number of unbranched alkanes of at least 4 members (excludes halogenated alkanes) is 15. The number of nitrogens with zero attached hydrogens (tertiary/aromatic N) is 1. The van der Waals surface area contributed by atoms with Crippen LogP contribution in [0.5, 0.6) is 5.75 Å². The lowest BCUT2D eigenvalue weighted by molar-refractivity contribution is 0.0752. The first-order valence-electron chi connectivity index (χ1n) is 12.0. The third-order valence-corrected chi connectivity index (χ3v) is 5.63. The molecule has 29 heavy (non-hydrogen) atoms. The Labute approximate surface area is 178 Å². The van der Waals surface area contributed by atoms with Crippen molar-refractivity contribution in [1.29, 1.82) is 0 Å². The van der Waals surface area contributed by atoms with Crippen molar-refractivity contribution >= 4 is 5.91 Å². The molecule has 0 bridgehead atoms. The third kappa shape index (κ3) is 13.3. The zero-order valence-corrected chi connectivity index (χ0v) is 18.7. The number of nitrogens with two attached hydrogens (primary N) is 1. The molecule has 0 radical (unpaired) electrons. The Morgan fingerprint density at radius 1 is 0.724 bits per heavy atom. The standard InChI is InChI=1S/C25H44N2O2/c1-2-3-4-5-6-7-8-9-10-11-12-13-14-15-16-17-22-27(26)25(29)23-18-20-24(28)21-19-23/h18-21,28H,2-17,22,26H2,1H3. The number of carbonyl (C=O) groups is 1. The first-order chi connectivity index (χ1) is 14.1. The summed E-state index contributed by atoms with van der Waals surface area (Å²) in [5, 5.41) is 10.6. The van der Waals surface area contributed by atoms with Crippen LogP contribution in [0.1, 0.15) is 120 Å². The molecule has 0 spiro atoms. The van der Waals surface area contributed by atoms with Gasteiger partial charge >= 0.3 is 0 Å². The van der Waals surface area contributed by atoms with E-state index in [0.717, 1.165) is 12.8 Å². The summed E-state index contributed by atoms with van der Waals surface area (Å²) in [7, 11) is 0. The second-order valence-electron chi connectivity index (χ2n) is 8.35. The van der Waals surface area contributed by atoms with Gasteiger partial charge in [0.25, 0.3) is 5.91 Å². The molecule has 4 heteroatoms. The van der Waals surface area contributed by atoms with Crippen molar-refractivity contribution in [2.45, 2.75) is 110 Å². The molecular weight excluding hydrogens is 360 g/mol. The van der Waals surface area contributed by atoms with Crippen LogP contribution in [0.4, 0.5) is 0 Å². The lowest BCUT2D eigenvalue weighted by atomic mass is 10.0. The molecule has 0 aliphatic rings. The van der Waals surface area contributed by atoms with Gasteiger partial charge in [0.15, 0.2) is 0 Å². The maximum atomic E-state index is 12.2. The molecule has 1 aromatic rings. The van der Waals surface area contributed by atoms with Crippen LogP contribution in [0, 0.1) is 0 Å². The lowest BCUT2D eigenvalue weighted by Gasteiger charge is -2.16. The van der Waals surface area contributed by atoms with Crippen LogP contribution in [0.2, 0.25) is 0 Å². The number of carbonyl (C=O) groups excluding carboxylic acids is 1. The predicted octanol–water partition coefficient (Wildman–Crippen LogP) is 6.97. The SMILES string of the molecule is CCCCCCCCCCCCCCCCCCN(N)C(=O)c1ccc(O)cc1. The molecule has 0 saturated carbocycles. The Hall–Kier alpha value is -1.55. The van der Waals surface area contributed by atoms with Crippen molar-refractivity contribution in [3.8, 4) is 5.75 Å². The highest BCUT2D eigenvalue weighted by molar-refractivity contribution is 5.93. The van der Waals surface area contributed by atoms with Crippen molar-refractivity contribution in [3.05, 3.63) is 29.8 Å². The minimum absolute atomic E-state index is 0.155. The van der Waals surface area contributed by atoms with E-state index in [2.05, 4.69) is 6.92 Å². The molecule has 0 heterocycles. The highest BCUT2D eigenvalue weighted by Crippen LogP contribution is 2.14. The molecule has 0 aliphatic carbocycles. The van der Waals surface area contributed by atoms with Crippen LogP contribution in [0.15, 0.2) is 24.3 Å². The topological polar surface area (TPSA) is 66.6 Å². The van der Waals surface area contributed by atoms with E-state index in [1.165, 1.54) is 107 Å². The predicted molar refractivity (Wildman–Crippen MR) is 123 cm³/mol. The minimum atomic E-state index is -0.189. The number of hydrogen-bond acceptors (Lipinski definition) is 3. The van der Waals surface area contributed by atoms with Gasteiger partial charge in [-0.1, -0.05) is 103 Å². The van der Waals surface area contributed by atoms with Gasteiger partial charge in [-0.25, -0.2) is 5.84 Å². The summed E-state index contributed by atoms with van der Waals surface area (Å²) in [6, 6.07) is 6.22. The Balaban J connectivity index is 1.86. The van der Waals surface area contributed by atoms with Gasteiger partial charge < -0.3 is 5.11 Å². The molecule has 1 aromatic carbocycles. The second kappa shape index (κ2) is 17.3. The molecule has 4 nitrogen and oxygen atoms in total. The number of rotatable bonds is 18. The minimum Gasteiger partial charge on any atom is -0.508 e. The number of hydrazine groups is 1. The van der Waals surface area contributed by atoms with Gasteiger partial charge in [0.1, 0.15) is 5.75 Å². The van der Waals surface area contributed by atoms with Crippen molar-refractivity contribution in [2.75, 3.05) is 6.54 Å². The van der Waals surface area contributed by atoms with Crippen molar-refractivity contribution < 1.29 is 9.90 Å². The number of phenols is 1. The summed E-state index contributed by atoms with van der Waals surface area (Å²) in [6.45, 7) is 2.86. The zero-order chi connectivity index (χ0) is 21.2. The third-order valence-electron chi connectivity index (χ3n) is 5.63. The van der Waals surface area contributed by atoms with E-state index in [9.17, 15) is 9.90 Å². The molecule has 0 saturated heterocycles. The summed E-state index contributed by atoms with van der Waals surface area (Å²) in [5.74, 6) is 5.84. The molecular formula is C25H44N2O2. The number of aromatic hydroxyl groups is 1. The largest absolute Gasteiger partial charge is 0.508 e. The zero-order valence-electron chi connectivity index (χ0n) is 18.7. The van der Waals surface area contributed by atoms with E-state index in [-0.39, 0.29) is 11.7 Å². The molecule has 0 fully saturated rings. The fraction of sp³-hybridized carbons (Fsp3) is 0.720. The van der Waals surface area contributed by atoms with Gasteiger partial charge in [-0.2, -0.15) is 0 Å². The maximum Gasteiger partial charge on any atom is 0.267 e. The maximum absolute atomic E-state index is 12.2. The smallest absolute Gasteiger partial charge is 0.267 e. The van der Waals surface area contributed by atoms with Crippen molar-refractivity contribution in [1.82, 2.24) is 5.01 Å². The van der Waals surface area contributed by atoms with E-state index in [1.54, 1.807) is 12.1 Å². The molecule has 0 atom stereocenters. The van der Waals surface area contributed by atoms with Gasteiger partial charge in [0.05, 0.1) is 0 Å². The van der Waals surface area contributed by atoms with Gasteiger partial charge in [-0.3, -0.25) is 9.80 Å². The number of phenolic OH excluding ortho intramolecular Hbond substituents is 1. The lowest BCUT2D eigenvalue weighted by Crippen LogP contribution is -2.38. The Kier molecular flexibility index (Phi) is 15.2. The van der Waals surface area contributed by atoms with Crippen LogP contribution in [-0.4, -0.2) is 22.6 Å². The van der Waals surface area contributed by atoms with Crippen LogP contribution < -0.4 is 5.84 Å². The van der Waals surface area contributed by atoms with Gasteiger partial charge in [0.2, 0.25) is 0 Å². The number of amides is 1. The molecule has 166 valence electrons. The summed E-state index contributed by atoms with van der Waals surface area (Å²) < 4.78 is 0. The number of benzene rings is 1. The summed E-state index contributed by atoms with van der Waals surface area (Å²) in [5.41, 5.74) is 0.516. The first kappa shape index (κ1) is 25.5. The van der Waals surface area contributed by atoms with Crippen molar-refractivity contribution in [3.63, 3.8) is 0 Å². The normalized spacial score (nSPS) is 11.0. The van der Waals surface area contributed by atoms with Gasteiger partial charge in [0, 0.05) is 12.1 Å². The average molecular weight is 405 g/mol. The van der Waals surface area contributed by atoms with Crippen molar-refractivity contribution in [2.24, 2.45) is 5.84 Å². The Morgan fingerprint density at radius 2 is 1.10 bits per heavy atom. The fourth-order valence-corrected chi connectivity index (χ4v) is 3.70. The fourth-order valence-electron chi connectivity index (χ4n) is 3.70. The van der Waals surface area contributed by atoms with E-state index >= 15 is 0 Å². The highest BCUT2D eigenvalue weighted by atomic mass is 16.3. The summed E-state index contributed by atoms with van der Waals surface area (Å²) >= 11 is 0. The average Bonchev–Trinajstić information content (AvgIpc) is 2.73. The molecule has 1 rings (SSSR count). The van der Waals surface area contributed by atoms with E-state index in [1.807, 2.05) is 0 Å². The molecule has 1 amide bonds. The quantitative estimate of drug-likeness (QED) is 0.120. The van der Waals surface area contributed by atoms with Crippen LogP contribution in [0.25, 0.3) is 0 Å². The Morgan fingerprint density at radius 3 is 1.52 bits per heavy atom. The first-order valence-corrected chi connectivity index (χ1v) is 12.0.